The molecule has 0 fully saturated rings. The molecule has 1 aromatic carbocycles. The summed E-state index contributed by atoms with van der Waals surface area (Å²) in [5.41, 5.74) is 9.05. The number of tetrazole rings is 1. The Hall–Kier alpha value is -2.32. The second-order valence-electron chi connectivity index (χ2n) is 5.46. The first kappa shape index (κ1) is 16.5. The SMILES string of the molecule is Cc1[nH]c(-c2nnn(CCN)n2)c(C)c1C(=O)c1cccc(Br)c1. The molecule has 24 heavy (non-hydrogen) atoms. The molecule has 0 aliphatic carbocycles. The van der Waals surface area contributed by atoms with Gasteiger partial charge in [-0.15, -0.1) is 10.2 Å². The Labute approximate surface area is 147 Å². The fourth-order valence-corrected chi connectivity index (χ4v) is 3.04. The summed E-state index contributed by atoms with van der Waals surface area (Å²) in [4.78, 5) is 17.5. The molecular formula is C16H17BrN6O. The van der Waals surface area contributed by atoms with Crippen molar-refractivity contribution >= 4 is 21.7 Å². The van der Waals surface area contributed by atoms with Crippen molar-refractivity contribution in [2.24, 2.45) is 5.73 Å². The predicted octanol–water partition coefficient (Wildman–Crippen LogP) is 2.24. The predicted molar refractivity (Wildman–Crippen MR) is 93.7 cm³/mol. The van der Waals surface area contributed by atoms with E-state index >= 15 is 0 Å². The standard InChI is InChI=1S/C16H17BrN6O/c1-9-13(15(24)11-4-3-5-12(17)8-11)10(2)19-14(9)16-20-22-23(21-16)7-6-18/h3-5,8,19H,6-7,18H2,1-2H3. The zero-order valence-corrected chi connectivity index (χ0v) is 15.0. The van der Waals surface area contributed by atoms with Gasteiger partial charge in [0.15, 0.2) is 5.78 Å². The highest BCUT2D eigenvalue weighted by Crippen LogP contribution is 2.27. The summed E-state index contributed by atoms with van der Waals surface area (Å²) in [7, 11) is 0. The molecule has 0 radical (unpaired) electrons. The first-order valence-electron chi connectivity index (χ1n) is 7.49. The summed E-state index contributed by atoms with van der Waals surface area (Å²) < 4.78 is 0.866. The molecule has 0 saturated heterocycles. The van der Waals surface area contributed by atoms with Gasteiger partial charge in [0.25, 0.3) is 0 Å². The largest absolute Gasteiger partial charge is 0.355 e. The second-order valence-corrected chi connectivity index (χ2v) is 6.38. The fourth-order valence-electron chi connectivity index (χ4n) is 2.64. The maximum atomic E-state index is 12.9. The van der Waals surface area contributed by atoms with E-state index in [0.29, 0.717) is 35.7 Å². The van der Waals surface area contributed by atoms with Gasteiger partial charge in [-0.1, -0.05) is 28.1 Å². The van der Waals surface area contributed by atoms with E-state index in [0.717, 1.165) is 15.7 Å². The minimum atomic E-state index is -0.0387. The number of ketones is 1. The molecule has 0 amide bonds. The molecule has 2 aromatic heterocycles. The Balaban J connectivity index is 2.01. The molecule has 7 nitrogen and oxygen atoms in total. The van der Waals surface area contributed by atoms with Crippen LogP contribution in [-0.4, -0.2) is 37.5 Å². The Kier molecular flexibility index (Phi) is 4.59. The Morgan fingerprint density at radius 1 is 1.38 bits per heavy atom. The van der Waals surface area contributed by atoms with E-state index in [9.17, 15) is 4.79 Å². The number of rotatable bonds is 5. The average Bonchev–Trinajstić information content (AvgIpc) is 3.12. The third kappa shape index (κ3) is 3.02. The first-order chi connectivity index (χ1) is 11.5. The molecule has 0 aliphatic heterocycles. The lowest BCUT2D eigenvalue weighted by Crippen LogP contribution is -2.12. The van der Waals surface area contributed by atoms with Crippen molar-refractivity contribution in [1.82, 2.24) is 25.2 Å². The summed E-state index contributed by atoms with van der Waals surface area (Å²) in [6.45, 7) is 4.68. The maximum Gasteiger partial charge on any atom is 0.221 e. The van der Waals surface area contributed by atoms with Gasteiger partial charge >= 0.3 is 0 Å². The summed E-state index contributed by atoms with van der Waals surface area (Å²) in [6.07, 6.45) is 0. The van der Waals surface area contributed by atoms with Crippen molar-refractivity contribution in [1.29, 1.82) is 0 Å². The number of carbonyl (C=O) groups is 1. The number of aryl methyl sites for hydroxylation is 1. The van der Waals surface area contributed by atoms with Crippen LogP contribution < -0.4 is 5.73 Å². The number of nitrogens with two attached hydrogens (primary N) is 1. The second kappa shape index (κ2) is 6.66. The number of halogens is 1. The van der Waals surface area contributed by atoms with Gasteiger partial charge in [-0.05, 0) is 36.8 Å². The molecule has 3 rings (SSSR count). The Morgan fingerprint density at radius 3 is 2.88 bits per heavy atom. The topological polar surface area (TPSA) is 102 Å². The maximum absolute atomic E-state index is 12.9. The van der Waals surface area contributed by atoms with Crippen molar-refractivity contribution in [3.8, 4) is 11.5 Å². The number of nitrogens with zero attached hydrogens (tertiary/aromatic N) is 4. The fraction of sp³-hybridized carbons (Fsp3) is 0.250. The van der Waals surface area contributed by atoms with Gasteiger partial charge in [0, 0.05) is 27.8 Å². The lowest BCUT2D eigenvalue weighted by atomic mass is 9.99. The highest BCUT2D eigenvalue weighted by atomic mass is 79.9. The van der Waals surface area contributed by atoms with Crippen molar-refractivity contribution < 1.29 is 4.79 Å². The third-order valence-electron chi connectivity index (χ3n) is 3.76. The number of hydrogen-bond acceptors (Lipinski definition) is 5. The number of aromatic amines is 1. The molecule has 0 spiro atoms. The minimum absolute atomic E-state index is 0.0387. The lowest BCUT2D eigenvalue weighted by molar-refractivity contribution is 0.103. The van der Waals surface area contributed by atoms with Crippen LogP contribution in [0, 0.1) is 13.8 Å². The summed E-state index contributed by atoms with van der Waals surface area (Å²) in [5, 5.41) is 12.3. The Bertz CT molecular complexity index is 898. The number of aromatic nitrogens is 5. The van der Waals surface area contributed by atoms with Gasteiger partial charge in [-0.2, -0.15) is 4.80 Å². The molecule has 8 heteroatoms. The average molecular weight is 389 g/mol. The Morgan fingerprint density at radius 2 is 2.17 bits per heavy atom. The van der Waals surface area contributed by atoms with Gasteiger partial charge in [0.05, 0.1) is 12.2 Å². The zero-order chi connectivity index (χ0) is 17.3. The molecule has 0 atom stereocenters. The van der Waals surface area contributed by atoms with Gasteiger partial charge in [-0.3, -0.25) is 4.79 Å². The van der Waals surface area contributed by atoms with E-state index in [-0.39, 0.29) is 5.78 Å². The minimum Gasteiger partial charge on any atom is -0.355 e. The number of benzene rings is 1. The zero-order valence-electron chi connectivity index (χ0n) is 13.4. The van der Waals surface area contributed by atoms with E-state index < -0.39 is 0 Å². The van der Waals surface area contributed by atoms with Crippen LogP contribution in [0.2, 0.25) is 0 Å². The third-order valence-corrected chi connectivity index (χ3v) is 4.25. The number of H-pyrrole nitrogens is 1. The van der Waals surface area contributed by atoms with Crippen molar-refractivity contribution in [2.45, 2.75) is 20.4 Å². The molecule has 0 bridgehead atoms. The van der Waals surface area contributed by atoms with Crippen LogP contribution in [-0.2, 0) is 6.54 Å². The van der Waals surface area contributed by atoms with Crippen molar-refractivity contribution in [3.05, 3.63) is 51.1 Å². The summed E-state index contributed by atoms with van der Waals surface area (Å²) in [6, 6.07) is 7.34. The van der Waals surface area contributed by atoms with Crippen LogP contribution in [0.25, 0.3) is 11.5 Å². The summed E-state index contributed by atoms with van der Waals surface area (Å²) >= 11 is 3.40. The van der Waals surface area contributed by atoms with Gasteiger partial charge in [0.2, 0.25) is 5.82 Å². The molecule has 124 valence electrons. The summed E-state index contributed by atoms with van der Waals surface area (Å²) in [5.74, 6) is 0.417. The van der Waals surface area contributed by atoms with E-state index in [1.165, 1.54) is 4.80 Å². The molecule has 0 saturated carbocycles. The lowest BCUT2D eigenvalue weighted by Gasteiger charge is -2.03. The molecular weight excluding hydrogens is 372 g/mol. The van der Waals surface area contributed by atoms with E-state index in [2.05, 4.69) is 36.3 Å². The molecule has 0 aliphatic rings. The van der Waals surface area contributed by atoms with E-state index in [1.807, 2.05) is 32.0 Å². The van der Waals surface area contributed by atoms with Crippen molar-refractivity contribution in [3.63, 3.8) is 0 Å². The molecule has 3 aromatic rings. The van der Waals surface area contributed by atoms with Crippen LogP contribution in [0.1, 0.15) is 27.2 Å². The normalized spacial score (nSPS) is 11.0. The highest BCUT2D eigenvalue weighted by molar-refractivity contribution is 9.10. The molecule has 3 N–H and O–H groups in total. The van der Waals surface area contributed by atoms with Crippen LogP contribution in [0.5, 0.6) is 0 Å². The molecule has 0 unspecified atom stereocenters. The smallest absolute Gasteiger partial charge is 0.221 e. The van der Waals surface area contributed by atoms with Crippen LogP contribution in [0.3, 0.4) is 0 Å². The highest BCUT2D eigenvalue weighted by Gasteiger charge is 2.22. The van der Waals surface area contributed by atoms with Gasteiger partial charge in [0.1, 0.15) is 0 Å². The van der Waals surface area contributed by atoms with Crippen LogP contribution in [0.4, 0.5) is 0 Å². The monoisotopic (exact) mass is 388 g/mol. The van der Waals surface area contributed by atoms with Crippen LogP contribution in [0.15, 0.2) is 28.7 Å². The van der Waals surface area contributed by atoms with Crippen molar-refractivity contribution in [2.75, 3.05) is 6.54 Å². The van der Waals surface area contributed by atoms with E-state index in [1.54, 1.807) is 6.07 Å². The first-order valence-corrected chi connectivity index (χ1v) is 8.28. The van der Waals surface area contributed by atoms with Crippen LogP contribution >= 0.6 is 15.9 Å². The number of nitrogens with one attached hydrogen (secondary N) is 1. The van der Waals surface area contributed by atoms with Gasteiger partial charge < -0.3 is 10.7 Å². The van der Waals surface area contributed by atoms with E-state index in [4.69, 9.17) is 5.73 Å². The quantitative estimate of drug-likeness (QED) is 0.652. The molecule has 2 heterocycles. The number of carbonyl (C=O) groups excluding carboxylic acids is 1. The van der Waals surface area contributed by atoms with Gasteiger partial charge in [-0.25, -0.2) is 0 Å². The number of hydrogen-bond donors (Lipinski definition) is 2.